The number of aryl methyl sites for hydroxylation is 1. The van der Waals surface area contributed by atoms with Crippen molar-refractivity contribution in [3.8, 4) is 0 Å². The first kappa shape index (κ1) is 10.4. The number of nitrogens with zero attached hydrogens (tertiary/aromatic N) is 2. The van der Waals surface area contributed by atoms with Crippen LogP contribution in [0.2, 0.25) is 0 Å². The third kappa shape index (κ3) is 2.29. The summed E-state index contributed by atoms with van der Waals surface area (Å²) in [5.41, 5.74) is 8.40. The maximum absolute atomic E-state index is 5.95. The van der Waals surface area contributed by atoms with Gasteiger partial charge in [0.25, 0.3) is 0 Å². The van der Waals surface area contributed by atoms with E-state index in [2.05, 4.69) is 29.8 Å². The first-order valence-corrected chi connectivity index (χ1v) is 5.60. The van der Waals surface area contributed by atoms with E-state index >= 15 is 0 Å². The fraction of sp³-hybridized carbons (Fsp3) is 0.583. The van der Waals surface area contributed by atoms with E-state index in [4.69, 9.17) is 5.73 Å². The van der Waals surface area contributed by atoms with Crippen LogP contribution in [0.25, 0.3) is 0 Å². The lowest BCUT2D eigenvalue weighted by Crippen LogP contribution is -2.45. The molecule has 1 aromatic heterocycles. The number of aromatic nitrogens is 1. The zero-order valence-electron chi connectivity index (χ0n) is 9.48. The van der Waals surface area contributed by atoms with Crippen LogP contribution >= 0.6 is 0 Å². The Hall–Kier alpha value is -1.09. The van der Waals surface area contributed by atoms with Crippen LogP contribution in [0, 0.1) is 6.92 Å². The van der Waals surface area contributed by atoms with Gasteiger partial charge in [-0.3, -0.25) is 4.98 Å². The lowest BCUT2D eigenvalue weighted by atomic mass is 9.98. The Kier molecular flexibility index (Phi) is 2.91. The molecule has 15 heavy (non-hydrogen) atoms. The van der Waals surface area contributed by atoms with E-state index in [0.717, 1.165) is 19.4 Å². The second-order valence-corrected chi connectivity index (χ2v) is 4.55. The Labute approximate surface area is 91.3 Å². The minimum atomic E-state index is 0.369. The minimum absolute atomic E-state index is 0.369. The number of rotatable bonds is 1. The Morgan fingerprint density at radius 2 is 2.27 bits per heavy atom. The van der Waals surface area contributed by atoms with Crippen LogP contribution in [-0.4, -0.2) is 23.6 Å². The number of pyridine rings is 1. The molecule has 2 atom stereocenters. The van der Waals surface area contributed by atoms with E-state index < -0.39 is 0 Å². The molecule has 1 aromatic rings. The summed E-state index contributed by atoms with van der Waals surface area (Å²) in [6, 6.07) is 3.09. The molecule has 3 heteroatoms. The van der Waals surface area contributed by atoms with Crippen LogP contribution in [-0.2, 0) is 0 Å². The lowest BCUT2D eigenvalue weighted by Gasteiger charge is -2.38. The number of nitrogens with two attached hydrogens (primary N) is 1. The second kappa shape index (κ2) is 4.19. The summed E-state index contributed by atoms with van der Waals surface area (Å²) in [5, 5.41) is 0. The van der Waals surface area contributed by atoms with Crippen molar-refractivity contribution in [1.82, 2.24) is 4.98 Å². The number of hydrogen-bond acceptors (Lipinski definition) is 3. The van der Waals surface area contributed by atoms with Crippen LogP contribution in [0.4, 0.5) is 5.69 Å². The van der Waals surface area contributed by atoms with E-state index in [1.54, 1.807) is 0 Å². The summed E-state index contributed by atoms with van der Waals surface area (Å²) in [5.74, 6) is 0. The van der Waals surface area contributed by atoms with Crippen LogP contribution in [0.3, 0.4) is 0 Å². The Bertz CT molecular complexity index is 337. The van der Waals surface area contributed by atoms with Crippen molar-refractivity contribution in [1.29, 1.82) is 0 Å². The molecule has 1 aliphatic rings. The first-order chi connectivity index (χ1) is 7.16. The lowest BCUT2D eigenvalue weighted by molar-refractivity contribution is 0.429. The summed E-state index contributed by atoms with van der Waals surface area (Å²) in [6.45, 7) is 5.37. The predicted molar refractivity (Wildman–Crippen MR) is 63.0 cm³/mol. The van der Waals surface area contributed by atoms with Crippen molar-refractivity contribution >= 4 is 5.69 Å². The second-order valence-electron chi connectivity index (χ2n) is 4.55. The fourth-order valence-electron chi connectivity index (χ4n) is 2.29. The molecule has 1 saturated heterocycles. The molecule has 0 aromatic carbocycles. The maximum atomic E-state index is 5.95. The normalized spacial score (nSPS) is 26.7. The van der Waals surface area contributed by atoms with Crippen molar-refractivity contribution in [2.75, 3.05) is 11.4 Å². The third-order valence-corrected chi connectivity index (χ3v) is 3.11. The van der Waals surface area contributed by atoms with Gasteiger partial charge in [-0.25, -0.2) is 0 Å². The average Bonchev–Trinajstić information content (AvgIpc) is 2.17. The molecule has 82 valence electrons. The van der Waals surface area contributed by atoms with Gasteiger partial charge >= 0.3 is 0 Å². The van der Waals surface area contributed by atoms with Crippen molar-refractivity contribution in [2.45, 2.75) is 38.8 Å². The van der Waals surface area contributed by atoms with E-state index in [9.17, 15) is 0 Å². The molecule has 0 saturated carbocycles. The largest absolute Gasteiger partial charge is 0.367 e. The zero-order chi connectivity index (χ0) is 10.8. The van der Waals surface area contributed by atoms with Gasteiger partial charge in [-0.05, 0) is 38.3 Å². The Morgan fingerprint density at radius 1 is 1.47 bits per heavy atom. The standard InChI is InChI=1S/C12H19N3/c1-9-5-12(8-14-7-9)15-4-3-11(13)6-10(15)2/h5,7-8,10-11H,3-4,6,13H2,1-2H3. The van der Waals surface area contributed by atoms with Crippen LogP contribution in [0.15, 0.2) is 18.5 Å². The molecule has 0 bridgehead atoms. The summed E-state index contributed by atoms with van der Waals surface area (Å²) in [4.78, 5) is 6.65. The average molecular weight is 205 g/mol. The third-order valence-electron chi connectivity index (χ3n) is 3.11. The van der Waals surface area contributed by atoms with E-state index in [-0.39, 0.29) is 0 Å². The molecular formula is C12H19N3. The summed E-state index contributed by atoms with van der Waals surface area (Å²) in [6.07, 6.45) is 6.00. The molecule has 0 spiro atoms. The van der Waals surface area contributed by atoms with E-state index in [1.165, 1.54) is 11.3 Å². The molecule has 1 aliphatic heterocycles. The van der Waals surface area contributed by atoms with Gasteiger partial charge in [-0.2, -0.15) is 0 Å². The van der Waals surface area contributed by atoms with E-state index in [1.807, 2.05) is 12.4 Å². The highest BCUT2D eigenvalue weighted by Gasteiger charge is 2.23. The highest BCUT2D eigenvalue weighted by Crippen LogP contribution is 2.23. The number of hydrogen-bond donors (Lipinski definition) is 1. The van der Waals surface area contributed by atoms with Gasteiger partial charge in [0.1, 0.15) is 0 Å². The Morgan fingerprint density at radius 3 is 2.93 bits per heavy atom. The molecule has 2 unspecified atom stereocenters. The number of piperidine rings is 1. The summed E-state index contributed by atoms with van der Waals surface area (Å²) >= 11 is 0. The predicted octanol–water partition coefficient (Wildman–Crippen LogP) is 1.71. The van der Waals surface area contributed by atoms with Gasteiger partial charge in [0.2, 0.25) is 0 Å². The molecular weight excluding hydrogens is 186 g/mol. The van der Waals surface area contributed by atoms with Crippen molar-refractivity contribution < 1.29 is 0 Å². The summed E-state index contributed by atoms with van der Waals surface area (Å²) < 4.78 is 0. The van der Waals surface area contributed by atoms with Crippen molar-refractivity contribution in [3.05, 3.63) is 24.0 Å². The maximum Gasteiger partial charge on any atom is 0.0557 e. The molecule has 0 aliphatic carbocycles. The minimum Gasteiger partial charge on any atom is -0.367 e. The zero-order valence-corrected chi connectivity index (χ0v) is 9.48. The van der Waals surface area contributed by atoms with Crippen molar-refractivity contribution in [2.24, 2.45) is 5.73 Å². The van der Waals surface area contributed by atoms with Gasteiger partial charge in [0.05, 0.1) is 11.9 Å². The van der Waals surface area contributed by atoms with Gasteiger partial charge < -0.3 is 10.6 Å². The monoisotopic (exact) mass is 205 g/mol. The highest BCUT2D eigenvalue weighted by atomic mass is 15.2. The molecule has 2 N–H and O–H groups in total. The van der Waals surface area contributed by atoms with Crippen LogP contribution < -0.4 is 10.6 Å². The summed E-state index contributed by atoms with van der Waals surface area (Å²) in [7, 11) is 0. The van der Waals surface area contributed by atoms with Gasteiger partial charge in [0.15, 0.2) is 0 Å². The first-order valence-electron chi connectivity index (χ1n) is 5.60. The van der Waals surface area contributed by atoms with Crippen LogP contribution in [0.1, 0.15) is 25.3 Å². The molecule has 1 fully saturated rings. The fourth-order valence-corrected chi connectivity index (χ4v) is 2.29. The van der Waals surface area contributed by atoms with E-state index in [0.29, 0.717) is 12.1 Å². The molecule has 3 nitrogen and oxygen atoms in total. The quantitative estimate of drug-likeness (QED) is 0.759. The van der Waals surface area contributed by atoms with Gasteiger partial charge in [-0.1, -0.05) is 0 Å². The van der Waals surface area contributed by atoms with Gasteiger partial charge in [0, 0.05) is 24.8 Å². The molecule has 2 heterocycles. The van der Waals surface area contributed by atoms with Gasteiger partial charge in [-0.15, -0.1) is 0 Å². The smallest absolute Gasteiger partial charge is 0.0557 e. The van der Waals surface area contributed by atoms with Crippen molar-refractivity contribution in [3.63, 3.8) is 0 Å². The number of anilines is 1. The highest BCUT2D eigenvalue weighted by molar-refractivity contribution is 5.47. The SMILES string of the molecule is Cc1cncc(N2CCC(N)CC2C)c1. The molecule has 2 rings (SSSR count). The Balaban J connectivity index is 2.17. The topological polar surface area (TPSA) is 42.2 Å². The molecule has 0 amide bonds. The molecule has 0 radical (unpaired) electrons. The van der Waals surface area contributed by atoms with Crippen LogP contribution in [0.5, 0.6) is 0 Å².